The fraction of sp³-hybridized carbons (Fsp3) is 0.333. The third kappa shape index (κ3) is 3.44. The Morgan fingerprint density at radius 1 is 1.40 bits per heavy atom. The summed E-state index contributed by atoms with van der Waals surface area (Å²) in [6.45, 7) is 3.83. The van der Waals surface area contributed by atoms with Crippen LogP contribution in [0.15, 0.2) is 30.9 Å². The van der Waals surface area contributed by atoms with Gasteiger partial charge in [-0.05, 0) is 13.0 Å². The van der Waals surface area contributed by atoms with Gasteiger partial charge in [-0.3, -0.25) is 10.1 Å². The van der Waals surface area contributed by atoms with Crippen LogP contribution in [0.25, 0.3) is 0 Å². The molecule has 2 rings (SSSR count). The van der Waals surface area contributed by atoms with Crippen molar-refractivity contribution in [2.45, 2.75) is 13.5 Å². The molecule has 2 aromatic heterocycles. The average Bonchev–Trinajstić information content (AvgIpc) is 2.92. The summed E-state index contributed by atoms with van der Waals surface area (Å²) in [6, 6.07) is 3.05. The zero-order valence-corrected chi connectivity index (χ0v) is 11.1. The molecule has 0 saturated heterocycles. The van der Waals surface area contributed by atoms with Gasteiger partial charge in [0.25, 0.3) is 0 Å². The largest absolute Gasteiger partial charge is 0.370 e. The fourth-order valence-electron chi connectivity index (χ4n) is 1.73. The summed E-state index contributed by atoms with van der Waals surface area (Å²) in [5, 5.41) is 17.0. The molecule has 2 N–H and O–H groups in total. The Labute approximate surface area is 116 Å². The highest BCUT2D eigenvalue weighted by molar-refractivity contribution is 5.60. The highest BCUT2D eigenvalue weighted by Gasteiger charge is 2.15. The minimum Gasteiger partial charge on any atom is -0.370 e. The number of aromatic nitrogens is 3. The molecule has 0 atom stereocenters. The smallest absolute Gasteiger partial charge is 0.311 e. The van der Waals surface area contributed by atoms with Crippen LogP contribution in [0.1, 0.15) is 6.92 Å². The number of rotatable bonds is 7. The highest BCUT2D eigenvalue weighted by atomic mass is 16.6. The SMILES string of the molecule is CCNc1ccc([N+](=O)[O-])c(NCCn2ccnc2)n1. The lowest BCUT2D eigenvalue weighted by atomic mass is 10.3. The first-order chi connectivity index (χ1) is 9.70. The second-order valence-electron chi connectivity index (χ2n) is 4.08. The van der Waals surface area contributed by atoms with E-state index in [1.807, 2.05) is 17.7 Å². The second-order valence-corrected chi connectivity index (χ2v) is 4.08. The van der Waals surface area contributed by atoms with Crippen LogP contribution < -0.4 is 10.6 Å². The molecule has 0 saturated carbocycles. The van der Waals surface area contributed by atoms with Crippen LogP contribution in [-0.4, -0.2) is 32.5 Å². The molecule has 0 aromatic carbocycles. The maximum absolute atomic E-state index is 11.0. The van der Waals surface area contributed by atoms with Gasteiger partial charge in [0.2, 0.25) is 5.82 Å². The van der Waals surface area contributed by atoms with E-state index >= 15 is 0 Å². The summed E-state index contributed by atoms with van der Waals surface area (Å²) in [7, 11) is 0. The van der Waals surface area contributed by atoms with Crippen LogP contribution in [0.4, 0.5) is 17.3 Å². The van der Waals surface area contributed by atoms with Gasteiger partial charge in [-0.25, -0.2) is 9.97 Å². The van der Waals surface area contributed by atoms with E-state index in [9.17, 15) is 10.1 Å². The van der Waals surface area contributed by atoms with E-state index in [-0.39, 0.29) is 11.5 Å². The van der Waals surface area contributed by atoms with Crippen LogP contribution in [0, 0.1) is 10.1 Å². The minimum atomic E-state index is -0.442. The molecule has 0 radical (unpaired) electrons. The second kappa shape index (κ2) is 6.50. The van der Waals surface area contributed by atoms with Crippen LogP contribution in [0.2, 0.25) is 0 Å². The maximum atomic E-state index is 11.0. The first-order valence-electron chi connectivity index (χ1n) is 6.29. The molecule has 0 unspecified atom stereocenters. The molecule has 2 heterocycles. The van der Waals surface area contributed by atoms with Crippen molar-refractivity contribution in [3.8, 4) is 0 Å². The lowest BCUT2D eigenvalue weighted by Crippen LogP contribution is -2.12. The number of hydrogen-bond acceptors (Lipinski definition) is 6. The highest BCUT2D eigenvalue weighted by Crippen LogP contribution is 2.23. The predicted molar refractivity (Wildman–Crippen MR) is 75.8 cm³/mol. The van der Waals surface area contributed by atoms with Crippen molar-refractivity contribution >= 4 is 17.3 Å². The van der Waals surface area contributed by atoms with Crippen LogP contribution in [0.3, 0.4) is 0 Å². The quantitative estimate of drug-likeness (QED) is 0.590. The standard InChI is InChI=1S/C12H16N6O2/c1-2-14-11-4-3-10(18(19)20)12(16-11)15-6-8-17-7-5-13-9-17/h3-5,7,9H,2,6,8H2,1H3,(H2,14,15,16). The molecule has 0 bridgehead atoms. The topological polar surface area (TPSA) is 97.9 Å². The first-order valence-corrected chi connectivity index (χ1v) is 6.29. The molecular formula is C12H16N6O2. The first kappa shape index (κ1) is 13.8. The zero-order chi connectivity index (χ0) is 14.4. The number of nitrogens with one attached hydrogen (secondary N) is 2. The molecule has 0 spiro atoms. The van der Waals surface area contributed by atoms with Crippen molar-refractivity contribution < 1.29 is 4.92 Å². The Hall–Kier alpha value is -2.64. The van der Waals surface area contributed by atoms with Gasteiger partial charge in [-0.15, -0.1) is 0 Å². The van der Waals surface area contributed by atoms with Gasteiger partial charge in [-0.1, -0.05) is 0 Å². The van der Waals surface area contributed by atoms with Crippen molar-refractivity contribution in [2.24, 2.45) is 0 Å². The van der Waals surface area contributed by atoms with Crippen LogP contribution in [-0.2, 0) is 6.54 Å². The van der Waals surface area contributed by atoms with E-state index in [2.05, 4.69) is 20.6 Å². The van der Waals surface area contributed by atoms with E-state index in [4.69, 9.17) is 0 Å². The van der Waals surface area contributed by atoms with Crippen molar-refractivity contribution in [1.82, 2.24) is 14.5 Å². The Morgan fingerprint density at radius 3 is 2.90 bits per heavy atom. The number of nitrogens with zero attached hydrogens (tertiary/aromatic N) is 4. The van der Waals surface area contributed by atoms with E-state index in [1.165, 1.54) is 6.07 Å². The lowest BCUT2D eigenvalue weighted by Gasteiger charge is -2.09. The van der Waals surface area contributed by atoms with E-state index in [1.54, 1.807) is 18.6 Å². The molecule has 0 fully saturated rings. The van der Waals surface area contributed by atoms with Crippen molar-refractivity contribution in [2.75, 3.05) is 23.7 Å². The Balaban J connectivity index is 2.06. The maximum Gasteiger partial charge on any atom is 0.311 e. The molecule has 20 heavy (non-hydrogen) atoms. The number of imidazole rings is 1. The summed E-state index contributed by atoms with van der Waals surface area (Å²) in [4.78, 5) is 18.7. The molecule has 0 aliphatic heterocycles. The third-order valence-corrected chi connectivity index (χ3v) is 2.65. The Kier molecular flexibility index (Phi) is 4.48. The molecule has 2 aromatic rings. The Bertz CT molecular complexity index is 569. The summed E-state index contributed by atoms with van der Waals surface area (Å²) < 4.78 is 1.88. The summed E-state index contributed by atoms with van der Waals surface area (Å²) in [5.74, 6) is 0.886. The molecule has 8 heteroatoms. The minimum absolute atomic E-state index is 0.0303. The van der Waals surface area contributed by atoms with E-state index < -0.39 is 4.92 Å². The molecule has 0 amide bonds. The number of hydrogen-bond donors (Lipinski definition) is 2. The van der Waals surface area contributed by atoms with Crippen LogP contribution in [0.5, 0.6) is 0 Å². The van der Waals surface area contributed by atoms with E-state index in [0.717, 1.165) is 0 Å². The zero-order valence-electron chi connectivity index (χ0n) is 11.1. The predicted octanol–water partition coefficient (Wildman–Crippen LogP) is 1.73. The number of anilines is 2. The molecule has 8 nitrogen and oxygen atoms in total. The summed E-state index contributed by atoms with van der Waals surface area (Å²) in [5.41, 5.74) is -0.0303. The molecule has 0 aliphatic rings. The average molecular weight is 276 g/mol. The van der Waals surface area contributed by atoms with Gasteiger partial charge in [-0.2, -0.15) is 0 Å². The molecule has 106 valence electrons. The summed E-state index contributed by atoms with van der Waals surface area (Å²) >= 11 is 0. The summed E-state index contributed by atoms with van der Waals surface area (Å²) in [6.07, 6.45) is 5.21. The van der Waals surface area contributed by atoms with Gasteiger partial charge in [0, 0.05) is 38.1 Å². The van der Waals surface area contributed by atoms with Crippen molar-refractivity contribution in [1.29, 1.82) is 0 Å². The molecule has 0 aliphatic carbocycles. The third-order valence-electron chi connectivity index (χ3n) is 2.65. The van der Waals surface area contributed by atoms with Crippen molar-refractivity contribution in [3.05, 3.63) is 41.0 Å². The lowest BCUT2D eigenvalue weighted by molar-refractivity contribution is -0.384. The van der Waals surface area contributed by atoms with Crippen molar-refractivity contribution in [3.63, 3.8) is 0 Å². The van der Waals surface area contributed by atoms with Gasteiger partial charge >= 0.3 is 5.69 Å². The van der Waals surface area contributed by atoms with Gasteiger partial charge in [0.05, 0.1) is 11.3 Å². The van der Waals surface area contributed by atoms with E-state index in [0.29, 0.717) is 25.5 Å². The van der Waals surface area contributed by atoms with Gasteiger partial charge in [0.15, 0.2) is 0 Å². The fourth-order valence-corrected chi connectivity index (χ4v) is 1.73. The van der Waals surface area contributed by atoms with Gasteiger partial charge in [0.1, 0.15) is 5.82 Å². The number of pyridine rings is 1. The Morgan fingerprint density at radius 2 is 2.25 bits per heavy atom. The van der Waals surface area contributed by atoms with Crippen LogP contribution >= 0.6 is 0 Å². The molecular weight excluding hydrogens is 260 g/mol. The monoisotopic (exact) mass is 276 g/mol. The number of nitro groups is 1. The normalized spacial score (nSPS) is 10.2. The van der Waals surface area contributed by atoms with Gasteiger partial charge < -0.3 is 15.2 Å².